The lowest BCUT2D eigenvalue weighted by molar-refractivity contribution is 0.683. The first-order valence-corrected chi connectivity index (χ1v) is 3.32. The first-order valence-electron chi connectivity index (χ1n) is 3.32. The molecule has 0 saturated carbocycles. The largest absolute Gasteiger partial charge is 0.657 e. The summed E-state index contributed by atoms with van der Waals surface area (Å²) >= 11 is 0. The fourth-order valence-corrected chi connectivity index (χ4v) is 0.926. The molecule has 1 unspecified atom stereocenters. The van der Waals surface area contributed by atoms with Crippen LogP contribution in [0.2, 0.25) is 0 Å². The average Bonchev–Trinajstić information content (AvgIpc) is 2.34. The molecule has 1 rings (SSSR count). The lowest BCUT2D eigenvalue weighted by atomic mass is 10.2. The van der Waals surface area contributed by atoms with Crippen molar-refractivity contribution in [2.45, 2.75) is 13.0 Å². The lowest BCUT2D eigenvalue weighted by Gasteiger charge is -2.22. The summed E-state index contributed by atoms with van der Waals surface area (Å²) in [6, 6.07) is 2.24. The number of hydrogen-bond acceptors (Lipinski definition) is 1. The highest BCUT2D eigenvalue weighted by Gasteiger charge is 1.97. The Morgan fingerprint density at radius 1 is 1.70 bits per heavy atom. The van der Waals surface area contributed by atoms with Gasteiger partial charge in [0.05, 0.1) is 0 Å². The Labute approximate surface area is 61.0 Å². The summed E-state index contributed by atoms with van der Waals surface area (Å²) in [5.41, 5.74) is 1.16. The second-order valence-electron chi connectivity index (χ2n) is 2.31. The second-order valence-corrected chi connectivity index (χ2v) is 2.31. The Balaban J connectivity index is 2.82. The van der Waals surface area contributed by atoms with Gasteiger partial charge >= 0.3 is 0 Å². The molecule has 1 aromatic heterocycles. The summed E-state index contributed by atoms with van der Waals surface area (Å²) in [6.45, 7) is 2.05. The van der Waals surface area contributed by atoms with Gasteiger partial charge in [0, 0.05) is 18.9 Å². The van der Waals surface area contributed by atoms with E-state index < -0.39 is 0 Å². The van der Waals surface area contributed by atoms with Crippen LogP contribution in [0.1, 0.15) is 18.7 Å². The molecule has 0 aliphatic carbocycles. The van der Waals surface area contributed by atoms with Gasteiger partial charge in [-0.05, 0) is 6.07 Å². The van der Waals surface area contributed by atoms with Gasteiger partial charge in [0.2, 0.25) is 0 Å². The van der Waals surface area contributed by atoms with E-state index >= 15 is 0 Å². The van der Waals surface area contributed by atoms with Gasteiger partial charge < -0.3 is 5.32 Å². The number of rotatable bonds is 2. The van der Waals surface area contributed by atoms with E-state index in [-0.39, 0.29) is 6.04 Å². The Morgan fingerprint density at radius 3 is 2.80 bits per heavy atom. The van der Waals surface area contributed by atoms with Crippen LogP contribution in [0.25, 0.3) is 5.32 Å². The molecular formula is C7H12N3-. The van der Waals surface area contributed by atoms with Gasteiger partial charge in [-0.2, -0.15) is 12.1 Å². The summed E-state index contributed by atoms with van der Waals surface area (Å²) in [5, 5.41) is 8.17. The SMILES string of the molecule is C[N-]C(C)c1ccnn1C. The highest BCUT2D eigenvalue weighted by Crippen LogP contribution is 2.17. The second kappa shape index (κ2) is 2.84. The van der Waals surface area contributed by atoms with Crippen molar-refractivity contribution in [1.29, 1.82) is 0 Å². The molecule has 0 aliphatic heterocycles. The number of hydrogen-bond donors (Lipinski definition) is 0. The molecular weight excluding hydrogens is 126 g/mol. The molecule has 0 N–H and O–H groups in total. The van der Waals surface area contributed by atoms with E-state index in [1.54, 1.807) is 6.20 Å². The van der Waals surface area contributed by atoms with Crippen LogP contribution in [0.3, 0.4) is 0 Å². The van der Waals surface area contributed by atoms with Crippen molar-refractivity contribution in [3.8, 4) is 0 Å². The van der Waals surface area contributed by atoms with E-state index in [9.17, 15) is 0 Å². The third kappa shape index (κ3) is 1.19. The molecule has 0 radical (unpaired) electrons. The molecule has 1 atom stereocenters. The van der Waals surface area contributed by atoms with Crippen LogP contribution in [-0.4, -0.2) is 16.8 Å². The maximum absolute atomic E-state index is 4.13. The monoisotopic (exact) mass is 138 g/mol. The quantitative estimate of drug-likeness (QED) is 0.609. The highest BCUT2D eigenvalue weighted by molar-refractivity contribution is 5.10. The van der Waals surface area contributed by atoms with E-state index in [0.717, 1.165) is 5.69 Å². The van der Waals surface area contributed by atoms with Gasteiger partial charge in [0.1, 0.15) is 0 Å². The van der Waals surface area contributed by atoms with Crippen LogP contribution in [-0.2, 0) is 7.05 Å². The summed E-state index contributed by atoms with van der Waals surface area (Å²) in [4.78, 5) is 0. The first-order chi connectivity index (χ1) is 4.75. The zero-order chi connectivity index (χ0) is 7.56. The Hall–Kier alpha value is -0.830. The Morgan fingerprint density at radius 2 is 2.40 bits per heavy atom. The third-order valence-corrected chi connectivity index (χ3v) is 1.67. The molecule has 3 heteroatoms. The molecule has 56 valence electrons. The molecule has 1 heterocycles. The molecule has 0 spiro atoms. The smallest absolute Gasteiger partial charge is 0.0491 e. The fraction of sp³-hybridized carbons (Fsp3) is 0.571. The van der Waals surface area contributed by atoms with Gasteiger partial charge in [-0.1, -0.05) is 13.0 Å². The zero-order valence-corrected chi connectivity index (χ0v) is 6.57. The summed E-state index contributed by atoms with van der Waals surface area (Å²) in [5.74, 6) is 0. The van der Waals surface area contributed by atoms with Gasteiger partial charge in [0.15, 0.2) is 0 Å². The molecule has 0 amide bonds. The topological polar surface area (TPSA) is 31.9 Å². The summed E-state index contributed by atoms with van der Waals surface area (Å²) < 4.78 is 1.84. The Kier molecular flexibility index (Phi) is 2.06. The first kappa shape index (κ1) is 7.28. The van der Waals surface area contributed by atoms with Crippen LogP contribution in [0.15, 0.2) is 12.3 Å². The minimum absolute atomic E-state index is 0.257. The third-order valence-electron chi connectivity index (χ3n) is 1.67. The maximum atomic E-state index is 4.13. The zero-order valence-electron chi connectivity index (χ0n) is 6.57. The van der Waals surface area contributed by atoms with Gasteiger partial charge in [-0.25, -0.2) is 0 Å². The normalized spacial score (nSPS) is 13.5. The number of aryl methyl sites for hydroxylation is 1. The van der Waals surface area contributed by atoms with E-state index in [4.69, 9.17) is 0 Å². The van der Waals surface area contributed by atoms with E-state index in [1.807, 2.05) is 24.8 Å². The van der Waals surface area contributed by atoms with Crippen molar-refractivity contribution in [3.63, 3.8) is 0 Å². The average molecular weight is 138 g/mol. The molecule has 0 fully saturated rings. The van der Waals surface area contributed by atoms with Gasteiger partial charge in [-0.3, -0.25) is 4.68 Å². The van der Waals surface area contributed by atoms with Crippen LogP contribution in [0, 0.1) is 0 Å². The van der Waals surface area contributed by atoms with Gasteiger partial charge in [0.25, 0.3) is 0 Å². The van der Waals surface area contributed by atoms with Crippen molar-refractivity contribution in [1.82, 2.24) is 9.78 Å². The maximum Gasteiger partial charge on any atom is 0.0491 e. The van der Waals surface area contributed by atoms with Crippen LogP contribution in [0.5, 0.6) is 0 Å². The van der Waals surface area contributed by atoms with Crippen LogP contribution < -0.4 is 0 Å². The molecule has 0 saturated heterocycles. The fourth-order valence-electron chi connectivity index (χ4n) is 0.926. The molecule has 0 bridgehead atoms. The van der Waals surface area contributed by atoms with Crippen molar-refractivity contribution >= 4 is 0 Å². The Bertz CT molecular complexity index is 204. The minimum atomic E-state index is 0.257. The molecule has 0 aliphatic rings. The van der Waals surface area contributed by atoms with Crippen molar-refractivity contribution in [3.05, 3.63) is 23.3 Å². The van der Waals surface area contributed by atoms with Crippen molar-refractivity contribution in [2.75, 3.05) is 7.05 Å². The molecule has 10 heavy (non-hydrogen) atoms. The predicted octanol–water partition coefficient (Wildman–Crippen LogP) is 1.48. The van der Waals surface area contributed by atoms with Crippen molar-refractivity contribution in [2.24, 2.45) is 7.05 Å². The molecule has 1 aromatic rings. The number of nitrogens with zero attached hydrogens (tertiary/aromatic N) is 3. The van der Waals surface area contributed by atoms with Crippen LogP contribution >= 0.6 is 0 Å². The van der Waals surface area contributed by atoms with Crippen LogP contribution in [0.4, 0.5) is 0 Å². The van der Waals surface area contributed by atoms with E-state index in [0.29, 0.717) is 0 Å². The number of aromatic nitrogens is 2. The standard InChI is InChI=1S/C7H12N3/c1-6(8-2)7-4-5-9-10(7)3/h4-6H,1-3H3/q-1. The van der Waals surface area contributed by atoms with Crippen molar-refractivity contribution < 1.29 is 0 Å². The summed E-state index contributed by atoms with van der Waals surface area (Å²) in [6.07, 6.45) is 1.79. The van der Waals surface area contributed by atoms with Gasteiger partial charge in [-0.15, -0.1) is 0 Å². The minimum Gasteiger partial charge on any atom is -0.657 e. The molecule has 0 aromatic carbocycles. The highest BCUT2D eigenvalue weighted by atomic mass is 15.3. The van der Waals surface area contributed by atoms with E-state index in [2.05, 4.69) is 17.3 Å². The lowest BCUT2D eigenvalue weighted by Crippen LogP contribution is -2.00. The van der Waals surface area contributed by atoms with E-state index in [1.165, 1.54) is 0 Å². The molecule has 3 nitrogen and oxygen atoms in total. The predicted molar refractivity (Wildman–Crippen MR) is 40.9 cm³/mol. The summed E-state index contributed by atoms with van der Waals surface area (Å²) in [7, 11) is 3.74.